The second-order valence-electron chi connectivity index (χ2n) is 14.1. The second-order valence-corrected chi connectivity index (χ2v) is 14.1. The first-order valence-corrected chi connectivity index (χ1v) is 15.4. The van der Waals surface area contributed by atoms with Crippen LogP contribution in [0.5, 0.6) is 0 Å². The van der Waals surface area contributed by atoms with Gasteiger partial charge in [0.25, 0.3) is 0 Å². The van der Waals surface area contributed by atoms with Crippen molar-refractivity contribution >= 4 is 12.3 Å². The maximum atomic E-state index is 13.1. The van der Waals surface area contributed by atoms with Gasteiger partial charge in [-0.25, -0.2) is 4.79 Å². The van der Waals surface area contributed by atoms with Crippen LogP contribution in [0.25, 0.3) is 0 Å². The molecule has 6 fully saturated rings. The standard InChI is InChI=1S/C31H44O9/c1-17-27-24(38-18(2)39-27)13-26(37-17)40-20-4-9-29(16-32)22-5-8-28(3)21(19-12-25(33)36-15-19)7-11-31(28,35)23(22)6-10-30(29,34)14-20/h12,16-18,20-24,26-27,34-35H,4-11,13-15H2,1-3H3/t17-,18+,20+,21-,22+,23-,24-,26+,27-,28-,29+,30+,31+/m1/s1. The van der Waals surface area contributed by atoms with Crippen molar-refractivity contribution in [1.29, 1.82) is 0 Å². The van der Waals surface area contributed by atoms with Gasteiger partial charge in [-0.15, -0.1) is 0 Å². The van der Waals surface area contributed by atoms with E-state index in [1.54, 1.807) is 6.08 Å². The molecule has 0 aromatic heterocycles. The van der Waals surface area contributed by atoms with E-state index in [0.717, 1.165) is 31.1 Å². The van der Waals surface area contributed by atoms with Crippen molar-refractivity contribution < 1.29 is 43.5 Å². The fourth-order valence-corrected chi connectivity index (χ4v) is 10.6. The van der Waals surface area contributed by atoms with Gasteiger partial charge in [-0.1, -0.05) is 6.92 Å². The van der Waals surface area contributed by atoms with Crippen LogP contribution in [0.1, 0.15) is 85.0 Å². The minimum Gasteiger partial charge on any atom is -0.458 e. The number of hydrogen-bond acceptors (Lipinski definition) is 9. The van der Waals surface area contributed by atoms with Crippen molar-refractivity contribution in [1.82, 2.24) is 0 Å². The lowest BCUT2D eigenvalue weighted by Gasteiger charge is -2.65. The summed E-state index contributed by atoms with van der Waals surface area (Å²) in [6.07, 6.45) is 7.67. The molecule has 7 aliphatic rings. The van der Waals surface area contributed by atoms with E-state index in [9.17, 15) is 19.8 Å². The summed E-state index contributed by atoms with van der Waals surface area (Å²) in [4.78, 5) is 24.9. The van der Waals surface area contributed by atoms with E-state index in [4.69, 9.17) is 23.7 Å². The quantitative estimate of drug-likeness (QED) is 0.303. The average Bonchev–Trinajstić information content (AvgIpc) is 3.58. The van der Waals surface area contributed by atoms with Gasteiger partial charge < -0.3 is 38.7 Å². The van der Waals surface area contributed by atoms with E-state index in [1.807, 2.05) is 13.8 Å². The highest BCUT2D eigenvalue weighted by atomic mass is 16.8. The van der Waals surface area contributed by atoms with Gasteiger partial charge in [0.2, 0.25) is 0 Å². The first kappa shape index (κ1) is 27.5. The molecule has 4 aliphatic carbocycles. The van der Waals surface area contributed by atoms with Gasteiger partial charge in [-0.3, -0.25) is 0 Å². The third kappa shape index (κ3) is 3.73. The van der Waals surface area contributed by atoms with E-state index in [1.165, 1.54) is 0 Å². The summed E-state index contributed by atoms with van der Waals surface area (Å²) >= 11 is 0. The fourth-order valence-electron chi connectivity index (χ4n) is 10.6. The highest BCUT2D eigenvalue weighted by Gasteiger charge is 2.71. The molecule has 0 aromatic rings. The molecule has 4 saturated carbocycles. The van der Waals surface area contributed by atoms with Crippen molar-refractivity contribution in [3.8, 4) is 0 Å². The lowest BCUT2D eigenvalue weighted by Crippen LogP contribution is -2.69. The Bertz CT molecular complexity index is 1090. The van der Waals surface area contributed by atoms with Crippen molar-refractivity contribution in [3.63, 3.8) is 0 Å². The molecule has 222 valence electrons. The smallest absolute Gasteiger partial charge is 0.331 e. The molecule has 0 aromatic carbocycles. The van der Waals surface area contributed by atoms with Crippen molar-refractivity contribution in [3.05, 3.63) is 11.6 Å². The van der Waals surface area contributed by atoms with Crippen LogP contribution in [0.15, 0.2) is 11.6 Å². The maximum absolute atomic E-state index is 13.1. The maximum Gasteiger partial charge on any atom is 0.331 e. The lowest BCUT2D eigenvalue weighted by molar-refractivity contribution is -0.278. The molecular formula is C31H44O9. The number of esters is 1. The number of cyclic esters (lactones) is 1. The Hall–Kier alpha value is -1.36. The lowest BCUT2D eigenvalue weighted by atomic mass is 9.41. The molecule has 0 spiro atoms. The number of aliphatic hydroxyl groups is 2. The first-order chi connectivity index (χ1) is 19.0. The summed E-state index contributed by atoms with van der Waals surface area (Å²) in [7, 11) is 0. The third-order valence-electron chi connectivity index (χ3n) is 12.5. The fraction of sp³-hybridized carbons (Fsp3) is 0.871. The summed E-state index contributed by atoms with van der Waals surface area (Å²) in [5.74, 6) is -0.361. The molecule has 0 amide bonds. The molecule has 0 radical (unpaired) electrons. The summed E-state index contributed by atoms with van der Waals surface area (Å²) in [5, 5.41) is 24.6. The third-order valence-corrected chi connectivity index (χ3v) is 12.5. The number of rotatable bonds is 4. The van der Waals surface area contributed by atoms with Crippen LogP contribution in [-0.2, 0) is 33.3 Å². The number of fused-ring (bicyclic) bond motifs is 6. The van der Waals surface area contributed by atoms with Gasteiger partial charge in [0, 0.05) is 24.3 Å². The predicted octanol–water partition coefficient (Wildman–Crippen LogP) is 3.19. The normalized spacial score (nSPS) is 55.5. The zero-order valence-electron chi connectivity index (χ0n) is 23.9. The average molecular weight is 561 g/mol. The van der Waals surface area contributed by atoms with Gasteiger partial charge in [-0.2, -0.15) is 0 Å². The molecule has 3 aliphatic heterocycles. The Balaban J connectivity index is 1.09. The highest BCUT2D eigenvalue weighted by Crippen LogP contribution is 2.70. The topological polar surface area (TPSA) is 121 Å². The molecule has 9 heteroatoms. The molecular weight excluding hydrogens is 516 g/mol. The molecule has 7 rings (SSSR count). The van der Waals surface area contributed by atoms with E-state index in [-0.39, 0.29) is 59.8 Å². The SMILES string of the molecule is C[C@@H]1O[C@@H]2[C@@H](C)O[C@@H](O[C@H]3CC[C@]4(C=O)[C@H]5CC[C@]6(C)[C@@H](C7=CC(=O)OC7)CC[C@]6(O)[C@@H]5CC[C@]4(O)C3)C[C@H]2O1. The molecule has 40 heavy (non-hydrogen) atoms. The van der Waals surface area contributed by atoms with Crippen LogP contribution in [0.4, 0.5) is 0 Å². The highest BCUT2D eigenvalue weighted by molar-refractivity contribution is 5.85. The monoisotopic (exact) mass is 560 g/mol. The van der Waals surface area contributed by atoms with Gasteiger partial charge in [0.05, 0.1) is 34.9 Å². The molecule has 0 bridgehead atoms. The van der Waals surface area contributed by atoms with Gasteiger partial charge >= 0.3 is 5.97 Å². The largest absolute Gasteiger partial charge is 0.458 e. The van der Waals surface area contributed by atoms with Crippen molar-refractivity contribution in [2.75, 3.05) is 6.61 Å². The van der Waals surface area contributed by atoms with Crippen molar-refractivity contribution in [2.45, 2.75) is 133 Å². The van der Waals surface area contributed by atoms with Crippen molar-refractivity contribution in [2.24, 2.45) is 28.6 Å². The number of carbonyl (C=O) groups excluding carboxylic acids is 2. The number of carbonyl (C=O) groups is 2. The Labute approximate surface area is 235 Å². The minimum atomic E-state index is -1.18. The predicted molar refractivity (Wildman–Crippen MR) is 141 cm³/mol. The molecule has 9 nitrogen and oxygen atoms in total. The Morgan fingerprint density at radius 1 is 1.00 bits per heavy atom. The molecule has 2 saturated heterocycles. The van der Waals surface area contributed by atoms with Crippen LogP contribution < -0.4 is 0 Å². The summed E-state index contributed by atoms with van der Waals surface area (Å²) in [6, 6.07) is 0. The van der Waals surface area contributed by atoms with Crippen LogP contribution in [0.2, 0.25) is 0 Å². The van der Waals surface area contributed by atoms with Crippen LogP contribution >= 0.6 is 0 Å². The Kier molecular flexibility index (Phi) is 6.40. The van der Waals surface area contributed by atoms with Gasteiger partial charge in [0.15, 0.2) is 12.6 Å². The second kappa shape index (κ2) is 9.32. The zero-order valence-corrected chi connectivity index (χ0v) is 23.9. The Morgan fingerprint density at radius 3 is 2.55 bits per heavy atom. The van der Waals surface area contributed by atoms with Crippen LogP contribution in [-0.4, -0.2) is 77.3 Å². The number of ether oxygens (including phenoxy) is 5. The zero-order chi connectivity index (χ0) is 28.1. The Morgan fingerprint density at radius 2 is 1.80 bits per heavy atom. The summed E-state index contributed by atoms with van der Waals surface area (Å²) < 4.78 is 29.6. The van der Waals surface area contributed by atoms with E-state index in [2.05, 4.69) is 6.92 Å². The van der Waals surface area contributed by atoms with Crippen LogP contribution in [0.3, 0.4) is 0 Å². The summed E-state index contributed by atoms with van der Waals surface area (Å²) in [5.41, 5.74) is -2.42. The van der Waals surface area contributed by atoms with E-state index in [0.29, 0.717) is 51.6 Å². The minimum absolute atomic E-state index is 0.0706. The molecule has 2 N–H and O–H groups in total. The first-order valence-electron chi connectivity index (χ1n) is 15.4. The molecule has 3 heterocycles. The van der Waals surface area contributed by atoms with E-state index >= 15 is 0 Å². The summed E-state index contributed by atoms with van der Waals surface area (Å²) in [6.45, 7) is 6.35. The number of aldehydes is 1. The van der Waals surface area contributed by atoms with Crippen LogP contribution in [0, 0.1) is 28.6 Å². The van der Waals surface area contributed by atoms with E-state index < -0.39 is 22.9 Å². The number of hydrogen-bond donors (Lipinski definition) is 2. The van der Waals surface area contributed by atoms with Gasteiger partial charge in [-0.05, 0) is 88.5 Å². The molecule has 0 unspecified atom stereocenters. The van der Waals surface area contributed by atoms with Gasteiger partial charge in [0.1, 0.15) is 19.0 Å². The molecule has 13 atom stereocenters.